The number of hydrazine groups is 1. The van der Waals surface area contributed by atoms with Gasteiger partial charge in [0, 0.05) is 18.7 Å². The SMILES string of the molecule is O=C(NNC(=O)c1ccc(Cl)s1)c1ccc(S(=O)(=O)N2CCCCC2)cc1. The molecule has 10 heteroatoms. The maximum atomic E-state index is 12.6. The van der Waals surface area contributed by atoms with Crippen LogP contribution in [0.5, 0.6) is 0 Å². The van der Waals surface area contributed by atoms with Crippen LogP contribution >= 0.6 is 22.9 Å². The number of rotatable bonds is 4. The summed E-state index contributed by atoms with van der Waals surface area (Å²) in [7, 11) is -3.54. The van der Waals surface area contributed by atoms with Crippen LogP contribution in [0.4, 0.5) is 0 Å². The Morgan fingerprint density at radius 1 is 0.926 bits per heavy atom. The van der Waals surface area contributed by atoms with Gasteiger partial charge in [-0.25, -0.2) is 8.42 Å². The van der Waals surface area contributed by atoms with Crippen molar-refractivity contribution in [2.45, 2.75) is 24.2 Å². The first-order chi connectivity index (χ1) is 12.9. The number of nitrogens with zero attached hydrogens (tertiary/aromatic N) is 1. The second kappa shape index (κ2) is 8.39. The first kappa shape index (κ1) is 19.8. The molecule has 0 saturated carbocycles. The van der Waals surface area contributed by atoms with Gasteiger partial charge < -0.3 is 0 Å². The summed E-state index contributed by atoms with van der Waals surface area (Å²) in [6, 6.07) is 8.78. The summed E-state index contributed by atoms with van der Waals surface area (Å²) in [6.07, 6.45) is 2.75. The highest BCUT2D eigenvalue weighted by Gasteiger charge is 2.26. The van der Waals surface area contributed by atoms with Crippen LogP contribution in [0.2, 0.25) is 4.34 Å². The third kappa shape index (κ3) is 4.67. The highest BCUT2D eigenvalue weighted by atomic mass is 35.5. The maximum Gasteiger partial charge on any atom is 0.279 e. The number of sulfonamides is 1. The van der Waals surface area contributed by atoms with E-state index >= 15 is 0 Å². The molecule has 0 atom stereocenters. The summed E-state index contributed by atoms with van der Waals surface area (Å²) < 4.78 is 27.1. The molecule has 27 heavy (non-hydrogen) atoms. The van der Waals surface area contributed by atoms with Gasteiger partial charge in [-0.05, 0) is 49.2 Å². The normalized spacial score (nSPS) is 15.3. The summed E-state index contributed by atoms with van der Waals surface area (Å²) in [5.74, 6) is -1.03. The van der Waals surface area contributed by atoms with Crippen molar-refractivity contribution in [1.29, 1.82) is 0 Å². The van der Waals surface area contributed by atoms with E-state index in [1.54, 1.807) is 12.1 Å². The van der Waals surface area contributed by atoms with Crippen molar-refractivity contribution in [3.8, 4) is 0 Å². The Morgan fingerprint density at radius 2 is 1.56 bits per heavy atom. The molecule has 2 aromatic rings. The summed E-state index contributed by atoms with van der Waals surface area (Å²) in [4.78, 5) is 24.6. The van der Waals surface area contributed by atoms with Crippen molar-refractivity contribution in [1.82, 2.24) is 15.2 Å². The molecule has 1 aromatic carbocycles. The molecule has 2 heterocycles. The van der Waals surface area contributed by atoms with Crippen LogP contribution in [0, 0.1) is 0 Å². The predicted molar refractivity (Wildman–Crippen MR) is 103 cm³/mol. The third-order valence-corrected chi connectivity index (χ3v) is 7.30. The Bertz CT molecular complexity index is 935. The molecule has 1 aliphatic heterocycles. The lowest BCUT2D eigenvalue weighted by Gasteiger charge is -2.25. The number of thiophene rings is 1. The van der Waals surface area contributed by atoms with Gasteiger partial charge in [0.15, 0.2) is 0 Å². The summed E-state index contributed by atoms with van der Waals surface area (Å²) in [6.45, 7) is 1.03. The predicted octanol–water partition coefficient (Wildman–Crippen LogP) is 2.65. The fraction of sp³-hybridized carbons (Fsp3) is 0.294. The number of carbonyl (C=O) groups is 2. The van der Waals surface area contributed by atoms with E-state index in [0.717, 1.165) is 30.6 Å². The van der Waals surface area contributed by atoms with E-state index in [1.807, 2.05) is 0 Å². The van der Waals surface area contributed by atoms with Crippen LogP contribution in [0.1, 0.15) is 39.3 Å². The number of carbonyl (C=O) groups excluding carboxylic acids is 2. The van der Waals surface area contributed by atoms with Crippen molar-refractivity contribution >= 4 is 44.8 Å². The second-order valence-corrected chi connectivity index (χ2v) is 9.65. The number of nitrogens with one attached hydrogen (secondary N) is 2. The number of piperidine rings is 1. The molecule has 0 unspecified atom stereocenters. The highest BCUT2D eigenvalue weighted by molar-refractivity contribution is 7.89. The molecule has 2 amide bonds. The van der Waals surface area contributed by atoms with Crippen molar-refractivity contribution < 1.29 is 18.0 Å². The summed E-state index contributed by atoms with van der Waals surface area (Å²) >= 11 is 6.86. The average Bonchev–Trinajstić information content (AvgIpc) is 3.13. The van der Waals surface area contributed by atoms with Gasteiger partial charge >= 0.3 is 0 Å². The van der Waals surface area contributed by atoms with E-state index in [4.69, 9.17) is 11.6 Å². The van der Waals surface area contributed by atoms with Gasteiger partial charge in [0.2, 0.25) is 10.0 Å². The Morgan fingerprint density at radius 3 is 2.15 bits per heavy atom. The van der Waals surface area contributed by atoms with Crippen molar-refractivity contribution in [3.63, 3.8) is 0 Å². The molecule has 7 nitrogen and oxygen atoms in total. The van der Waals surface area contributed by atoms with E-state index in [2.05, 4.69) is 10.9 Å². The zero-order valence-corrected chi connectivity index (χ0v) is 16.7. The number of amides is 2. The van der Waals surface area contributed by atoms with Crippen LogP contribution in [0.15, 0.2) is 41.3 Å². The van der Waals surface area contributed by atoms with Gasteiger partial charge in [0.25, 0.3) is 11.8 Å². The standard InChI is InChI=1S/C17H18ClN3O4S2/c18-15-9-8-14(26-15)17(23)20-19-16(22)12-4-6-13(7-5-12)27(24,25)21-10-2-1-3-11-21/h4-9H,1-3,10-11H2,(H,19,22)(H,20,23). The van der Waals surface area contributed by atoms with Gasteiger partial charge in [0.1, 0.15) is 0 Å². The number of halogens is 1. The van der Waals surface area contributed by atoms with Gasteiger partial charge in [-0.1, -0.05) is 18.0 Å². The average molecular weight is 428 g/mol. The minimum Gasteiger partial charge on any atom is -0.267 e. The third-order valence-electron chi connectivity index (χ3n) is 4.16. The molecule has 0 bridgehead atoms. The zero-order chi connectivity index (χ0) is 19.4. The van der Waals surface area contributed by atoms with Crippen molar-refractivity contribution in [2.24, 2.45) is 0 Å². The fourth-order valence-electron chi connectivity index (χ4n) is 2.72. The molecule has 1 aromatic heterocycles. The maximum absolute atomic E-state index is 12.6. The number of hydrogen-bond donors (Lipinski definition) is 2. The van der Waals surface area contributed by atoms with E-state index in [-0.39, 0.29) is 10.5 Å². The van der Waals surface area contributed by atoms with Gasteiger partial charge in [-0.2, -0.15) is 4.31 Å². The fourth-order valence-corrected chi connectivity index (χ4v) is 5.17. The monoisotopic (exact) mass is 427 g/mol. The van der Waals surface area contributed by atoms with Gasteiger partial charge in [-0.15, -0.1) is 11.3 Å². The molecule has 1 fully saturated rings. The smallest absolute Gasteiger partial charge is 0.267 e. The molecule has 1 aliphatic rings. The lowest BCUT2D eigenvalue weighted by Crippen LogP contribution is -2.41. The lowest BCUT2D eigenvalue weighted by atomic mass is 10.2. The van der Waals surface area contributed by atoms with E-state index in [1.165, 1.54) is 28.6 Å². The van der Waals surface area contributed by atoms with Crippen LogP contribution in [-0.2, 0) is 10.0 Å². The molecule has 0 aliphatic carbocycles. The van der Waals surface area contributed by atoms with E-state index in [9.17, 15) is 18.0 Å². The van der Waals surface area contributed by atoms with Crippen molar-refractivity contribution in [2.75, 3.05) is 13.1 Å². The summed E-state index contributed by atoms with van der Waals surface area (Å²) in [5.41, 5.74) is 4.82. The van der Waals surface area contributed by atoms with Crippen LogP contribution in [0.3, 0.4) is 0 Å². The molecular formula is C17H18ClN3O4S2. The Labute approximate surface area is 166 Å². The lowest BCUT2D eigenvalue weighted by molar-refractivity contribution is 0.0849. The molecule has 0 spiro atoms. The number of hydrogen-bond acceptors (Lipinski definition) is 5. The minimum absolute atomic E-state index is 0.151. The van der Waals surface area contributed by atoms with Crippen molar-refractivity contribution in [3.05, 3.63) is 51.2 Å². The first-order valence-electron chi connectivity index (χ1n) is 8.34. The zero-order valence-electron chi connectivity index (χ0n) is 14.3. The molecule has 1 saturated heterocycles. The minimum atomic E-state index is -3.54. The van der Waals surface area contributed by atoms with Crippen LogP contribution in [0.25, 0.3) is 0 Å². The molecule has 144 valence electrons. The molecule has 0 radical (unpaired) electrons. The highest BCUT2D eigenvalue weighted by Crippen LogP contribution is 2.22. The Balaban J connectivity index is 1.62. The quantitative estimate of drug-likeness (QED) is 0.733. The number of benzene rings is 1. The Hall–Kier alpha value is -1.94. The summed E-state index contributed by atoms with van der Waals surface area (Å²) in [5, 5.41) is 0. The van der Waals surface area contributed by atoms with Gasteiger partial charge in [0.05, 0.1) is 14.1 Å². The topological polar surface area (TPSA) is 95.6 Å². The van der Waals surface area contributed by atoms with Crippen LogP contribution < -0.4 is 10.9 Å². The van der Waals surface area contributed by atoms with E-state index in [0.29, 0.717) is 22.3 Å². The molecule has 2 N–H and O–H groups in total. The first-order valence-corrected chi connectivity index (χ1v) is 11.0. The van der Waals surface area contributed by atoms with Crippen LogP contribution in [-0.4, -0.2) is 37.6 Å². The van der Waals surface area contributed by atoms with E-state index < -0.39 is 21.8 Å². The largest absolute Gasteiger partial charge is 0.279 e. The van der Waals surface area contributed by atoms with Gasteiger partial charge in [-0.3, -0.25) is 20.4 Å². The molecule has 3 rings (SSSR count). The second-order valence-electron chi connectivity index (χ2n) is 6.00. The Kier molecular flexibility index (Phi) is 6.15. The molecular weight excluding hydrogens is 410 g/mol.